The quantitative estimate of drug-likeness (QED) is 0.446. The van der Waals surface area contributed by atoms with Crippen LogP contribution in [0.15, 0.2) is 36.7 Å². The van der Waals surface area contributed by atoms with Gasteiger partial charge < -0.3 is 15.6 Å². The number of rotatable bonds is 6. The van der Waals surface area contributed by atoms with Gasteiger partial charge in [0, 0.05) is 48.5 Å². The molecule has 180 valence electrons. The van der Waals surface area contributed by atoms with E-state index in [1.807, 2.05) is 30.5 Å². The van der Waals surface area contributed by atoms with Crippen molar-refractivity contribution in [3.05, 3.63) is 41.8 Å². The van der Waals surface area contributed by atoms with Gasteiger partial charge in [-0.3, -0.25) is 4.79 Å². The third-order valence-corrected chi connectivity index (χ3v) is 8.10. The number of aromatic amines is 1. The lowest BCUT2D eigenvalue weighted by Crippen LogP contribution is -2.56. The Hall–Kier alpha value is -2.69. The number of carbonyl (C=O) groups excluding carboxylic acids is 1. The average Bonchev–Trinajstić information content (AvgIpc) is 3.17. The van der Waals surface area contributed by atoms with Crippen LogP contribution in [0.2, 0.25) is 5.15 Å². The van der Waals surface area contributed by atoms with E-state index >= 15 is 0 Å². The standard InChI is InChI=1S/C23H27ClN6O3S/c1-34(32,33)30-12-15(13-30)23(31)28-17-6-4-16(5-7-17)27-21-10-14(9-20(24)29-21)19-11-26-22-18(19)3-2-8-25-22/h2-3,8-11,15-17H,4-7,12-13H2,1H3,(H,25,26)(H,27,29)(H,28,31). The normalized spacial score (nSPS) is 21.8. The number of amides is 1. The number of H-pyrrole nitrogens is 1. The minimum atomic E-state index is -3.21. The first-order valence-corrected chi connectivity index (χ1v) is 13.6. The number of aromatic nitrogens is 3. The number of hydrogen-bond acceptors (Lipinski definition) is 6. The second kappa shape index (κ2) is 9.16. The van der Waals surface area contributed by atoms with Crippen LogP contribution in [-0.4, -0.2) is 65.0 Å². The summed E-state index contributed by atoms with van der Waals surface area (Å²) in [5, 5.41) is 8.05. The van der Waals surface area contributed by atoms with Crippen LogP contribution >= 0.6 is 11.6 Å². The molecule has 3 N–H and O–H groups in total. The summed E-state index contributed by atoms with van der Waals surface area (Å²) in [6, 6.07) is 8.12. The van der Waals surface area contributed by atoms with E-state index in [9.17, 15) is 13.2 Å². The number of carbonyl (C=O) groups is 1. The van der Waals surface area contributed by atoms with Crippen LogP contribution in [0.25, 0.3) is 22.2 Å². The molecule has 1 aliphatic heterocycles. The van der Waals surface area contributed by atoms with Crippen molar-refractivity contribution in [2.75, 3.05) is 24.7 Å². The largest absolute Gasteiger partial charge is 0.367 e. The molecule has 9 nitrogen and oxygen atoms in total. The molecule has 0 bridgehead atoms. The van der Waals surface area contributed by atoms with Gasteiger partial charge in [0.25, 0.3) is 0 Å². The van der Waals surface area contributed by atoms with E-state index in [4.69, 9.17) is 11.6 Å². The Balaban J connectivity index is 1.17. The van der Waals surface area contributed by atoms with Crippen LogP contribution in [0.4, 0.5) is 5.82 Å². The fourth-order valence-electron chi connectivity index (χ4n) is 4.71. The van der Waals surface area contributed by atoms with Gasteiger partial charge in [0.1, 0.15) is 16.6 Å². The third-order valence-electron chi connectivity index (χ3n) is 6.67. The molecule has 2 aliphatic rings. The minimum absolute atomic E-state index is 0.0503. The van der Waals surface area contributed by atoms with E-state index in [-0.39, 0.29) is 37.0 Å². The van der Waals surface area contributed by atoms with Gasteiger partial charge in [-0.05, 0) is 55.5 Å². The Morgan fingerprint density at radius 3 is 2.65 bits per heavy atom. The predicted octanol–water partition coefficient (Wildman–Crippen LogP) is 3.01. The summed E-state index contributed by atoms with van der Waals surface area (Å²) in [7, 11) is -3.21. The molecule has 0 aromatic carbocycles. The number of hydrogen-bond donors (Lipinski definition) is 3. The topological polar surface area (TPSA) is 120 Å². The molecule has 5 rings (SSSR count). The highest BCUT2D eigenvalue weighted by Crippen LogP contribution is 2.31. The number of nitrogens with zero attached hydrogens (tertiary/aromatic N) is 3. The molecule has 1 amide bonds. The molecule has 3 aromatic rings. The van der Waals surface area contributed by atoms with E-state index in [2.05, 4.69) is 25.6 Å². The molecule has 1 aliphatic carbocycles. The van der Waals surface area contributed by atoms with Crippen LogP contribution in [0.3, 0.4) is 0 Å². The Labute approximate surface area is 203 Å². The second-order valence-electron chi connectivity index (χ2n) is 9.14. The van der Waals surface area contributed by atoms with Crippen molar-refractivity contribution in [2.45, 2.75) is 37.8 Å². The van der Waals surface area contributed by atoms with Gasteiger partial charge >= 0.3 is 0 Å². The van der Waals surface area contributed by atoms with Gasteiger partial charge in [0.05, 0.1) is 12.2 Å². The molecule has 34 heavy (non-hydrogen) atoms. The fraction of sp³-hybridized carbons (Fsp3) is 0.435. The summed E-state index contributed by atoms with van der Waals surface area (Å²) in [6.45, 7) is 0.549. The van der Waals surface area contributed by atoms with Gasteiger partial charge in [-0.25, -0.2) is 22.7 Å². The number of fused-ring (bicyclic) bond motifs is 1. The van der Waals surface area contributed by atoms with Crippen LogP contribution in [-0.2, 0) is 14.8 Å². The Kier molecular flexibility index (Phi) is 6.22. The van der Waals surface area contributed by atoms with Gasteiger partial charge in [0.15, 0.2) is 0 Å². The fourth-order valence-corrected chi connectivity index (χ4v) is 5.82. The van der Waals surface area contributed by atoms with Crippen molar-refractivity contribution in [3.8, 4) is 11.1 Å². The number of halogens is 1. The number of anilines is 1. The zero-order valence-electron chi connectivity index (χ0n) is 18.8. The van der Waals surface area contributed by atoms with Crippen molar-refractivity contribution in [1.29, 1.82) is 0 Å². The van der Waals surface area contributed by atoms with Crippen LogP contribution < -0.4 is 10.6 Å². The Morgan fingerprint density at radius 2 is 1.91 bits per heavy atom. The van der Waals surface area contributed by atoms with E-state index < -0.39 is 10.0 Å². The van der Waals surface area contributed by atoms with E-state index in [1.165, 1.54) is 10.6 Å². The lowest BCUT2D eigenvalue weighted by molar-refractivity contribution is -0.129. The molecule has 2 fully saturated rings. The Bertz CT molecular complexity index is 1310. The zero-order valence-corrected chi connectivity index (χ0v) is 20.4. The molecule has 1 saturated heterocycles. The predicted molar refractivity (Wildman–Crippen MR) is 132 cm³/mol. The lowest BCUT2D eigenvalue weighted by atomic mass is 9.90. The van der Waals surface area contributed by atoms with E-state index in [1.54, 1.807) is 6.20 Å². The van der Waals surface area contributed by atoms with Crippen LogP contribution in [0.5, 0.6) is 0 Å². The first-order chi connectivity index (χ1) is 16.3. The summed E-state index contributed by atoms with van der Waals surface area (Å²) >= 11 is 6.34. The van der Waals surface area contributed by atoms with Crippen LogP contribution in [0.1, 0.15) is 25.7 Å². The highest BCUT2D eigenvalue weighted by molar-refractivity contribution is 7.88. The minimum Gasteiger partial charge on any atom is -0.367 e. The maximum absolute atomic E-state index is 12.4. The van der Waals surface area contributed by atoms with Crippen molar-refractivity contribution in [3.63, 3.8) is 0 Å². The monoisotopic (exact) mass is 502 g/mol. The number of pyridine rings is 2. The highest BCUT2D eigenvalue weighted by Gasteiger charge is 2.38. The number of sulfonamides is 1. The third kappa shape index (κ3) is 4.89. The molecule has 0 radical (unpaired) electrons. The molecular weight excluding hydrogens is 476 g/mol. The first-order valence-electron chi connectivity index (χ1n) is 11.4. The van der Waals surface area contributed by atoms with Gasteiger partial charge in [-0.2, -0.15) is 0 Å². The summed E-state index contributed by atoms with van der Waals surface area (Å²) in [5.41, 5.74) is 2.81. The van der Waals surface area contributed by atoms with Gasteiger partial charge in [0.2, 0.25) is 15.9 Å². The van der Waals surface area contributed by atoms with Crippen molar-refractivity contribution < 1.29 is 13.2 Å². The summed E-state index contributed by atoms with van der Waals surface area (Å²) < 4.78 is 24.3. The molecular formula is C23H27ClN6O3S. The van der Waals surface area contributed by atoms with E-state index in [0.29, 0.717) is 5.15 Å². The highest BCUT2D eigenvalue weighted by atomic mass is 35.5. The summed E-state index contributed by atoms with van der Waals surface area (Å²) in [5.74, 6) is 0.425. The van der Waals surface area contributed by atoms with Gasteiger partial charge in [-0.15, -0.1) is 0 Å². The molecule has 0 spiro atoms. The lowest BCUT2D eigenvalue weighted by Gasteiger charge is -2.37. The summed E-state index contributed by atoms with van der Waals surface area (Å²) in [4.78, 5) is 24.4. The average molecular weight is 503 g/mol. The molecule has 11 heteroatoms. The molecule has 0 unspecified atom stereocenters. The van der Waals surface area contributed by atoms with Crippen molar-refractivity contribution in [2.24, 2.45) is 5.92 Å². The summed E-state index contributed by atoms with van der Waals surface area (Å²) in [6.07, 6.45) is 8.35. The van der Waals surface area contributed by atoms with Crippen molar-refractivity contribution >= 4 is 44.4 Å². The molecule has 1 saturated carbocycles. The second-order valence-corrected chi connectivity index (χ2v) is 11.5. The van der Waals surface area contributed by atoms with Gasteiger partial charge in [-0.1, -0.05) is 11.6 Å². The molecule has 4 heterocycles. The van der Waals surface area contributed by atoms with Crippen molar-refractivity contribution in [1.82, 2.24) is 24.6 Å². The maximum atomic E-state index is 12.4. The number of nitrogens with one attached hydrogen (secondary N) is 3. The molecule has 3 aromatic heterocycles. The maximum Gasteiger partial charge on any atom is 0.225 e. The smallest absolute Gasteiger partial charge is 0.225 e. The zero-order chi connectivity index (χ0) is 23.9. The first kappa shape index (κ1) is 23.1. The SMILES string of the molecule is CS(=O)(=O)N1CC(C(=O)NC2CCC(Nc3cc(-c4c[nH]c5ncccc45)cc(Cl)n3)CC2)C1. The Morgan fingerprint density at radius 1 is 1.18 bits per heavy atom. The van der Waals surface area contributed by atoms with E-state index in [0.717, 1.165) is 53.7 Å². The molecule has 0 atom stereocenters. The van der Waals surface area contributed by atoms with Crippen LogP contribution in [0, 0.1) is 5.92 Å².